The lowest BCUT2D eigenvalue weighted by Gasteiger charge is -2.27. The molecule has 2 N–H and O–H groups in total. The van der Waals surface area contributed by atoms with Crippen molar-refractivity contribution in [1.29, 1.82) is 5.26 Å². The van der Waals surface area contributed by atoms with Gasteiger partial charge in [0.1, 0.15) is 5.54 Å². The van der Waals surface area contributed by atoms with Crippen LogP contribution >= 0.6 is 27.5 Å². The lowest BCUT2D eigenvalue weighted by atomic mass is 9.90. The highest BCUT2D eigenvalue weighted by atomic mass is 79.9. The summed E-state index contributed by atoms with van der Waals surface area (Å²) in [5.41, 5.74) is -0.198. The molecule has 0 aliphatic carbocycles. The van der Waals surface area contributed by atoms with Gasteiger partial charge in [-0.25, -0.2) is 0 Å². The lowest BCUT2D eigenvalue weighted by Crippen LogP contribution is -2.50. The van der Waals surface area contributed by atoms with Gasteiger partial charge in [0.2, 0.25) is 5.91 Å². The van der Waals surface area contributed by atoms with Gasteiger partial charge in [-0.1, -0.05) is 41.4 Å². The Morgan fingerprint density at radius 2 is 2.20 bits per heavy atom. The number of rotatable bonds is 5. The van der Waals surface area contributed by atoms with Crippen molar-refractivity contribution in [3.8, 4) is 6.07 Å². The number of anilines is 1. The number of nitrogens with one attached hydrogen (secondary N) is 2. The molecular weight excluding hydrogens is 342 g/mol. The number of carbonyl (C=O) groups excluding carboxylic acids is 1. The summed E-state index contributed by atoms with van der Waals surface area (Å²) in [6.45, 7) is 5.55. The summed E-state index contributed by atoms with van der Waals surface area (Å²) in [6, 6.07) is 7.50. The molecule has 1 aromatic carbocycles. The first kappa shape index (κ1) is 16.8. The summed E-state index contributed by atoms with van der Waals surface area (Å²) < 4.78 is 0.870. The van der Waals surface area contributed by atoms with E-state index in [1.165, 1.54) is 0 Å². The molecule has 1 aromatic rings. The molecule has 0 radical (unpaired) electrons. The maximum atomic E-state index is 11.9. The molecule has 0 saturated heterocycles. The van der Waals surface area contributed by atoms with Gasteiger partial charge in [-0.2, -0.15) is 5.26 Å². The van der Waals surface area contributed by atoms with E-state index in [0.29, 0.717) is 10.7 Å². The summed E-state index contributed by atoms with van der Waals surface area (Å²) in [6.07, 6.45) is 0. The van der Waals surface area contributed by atoms with Crippen LogP contribution in [0, 0.1) is 17.2 Å². The predicted octanol–water partition coefficient (Wildman–Crippen LogP) is 3.57. The first-order valence-electron chi connectivity index (χ1n) is 6.19. The van der Waals surface area contributed by atoms with Crippen molar-refractivity contribution in [2.75, 3.05) is 11.9 Å². The van der Waals surface area contributed by atoms with Crippen LogP contribution in [0.15, 0.2) is 22.7 Å². The molecular formula is C14H17BrClN3O. The highest BCUT2D eigenvalue weighted by Gasteiger charge is 2.29. The largest absolute Gasteiger partial charge is 0.375 e. The van der Waals surface area contributed by atoms with E-state index in [0.717, 1.165) is 4.47 Å². The quantitative estimate of drug-likeness (QED) is 0.845. The molecule has 108 valence electrons. The molecule has 1 unspecified atom stereocenters. The average Bonchev–Trinajstić information content (AvgIpc) is 2.37. The Morgan fingerprint density at radius 1 is 1.55 bits per heavy atom. The highest BCUT2D eigenvalue weighted by molar-refractivity contribution is 9.10. The van der Waals surface area contributed by atoms with Gasteiger partial charge in [0, 0.05) is 4.47 Å². The Kier molecular flexibility index (Phi) is 5.85. The second-order valence-electron chi connectivity index (χ2n) is 4.99. The molecule has 0 bridgehead atoms. The zero-order valence-electron chi connectivity index (χ0n) is 11.6. The van der Waals surface area contributed by atoms with Crippen LogP contribution in [0.1, 0.15) is 20.8 Å². The molecule has 0 heterocycles. The summed E-state index contributed by atoms with van der Waals surface area (Å²) in [4.78, 5) is 11.9. The van der Waals surface area contributed by atoms with E-state index in [9.17, 15) is 4.79 Å². The zero-order chi connectivity index (χ0) is 15.3. The second kappa shape index (κ2) is 6.96. The van der Waals surface area contributed by atoms with Crippen molar-refractivity contribution in [3.05, 3.63) is 27.7 Å². The second-order valence-corrected chi connectivity index (χ2v) is 6.32. The predicted molar refractivity (Wildman–Crippen MR) is 84.6 cm³/mol. The standard InChI is InChI=1S/C14H17BrClN3O/c1-9(2)14(3,8-17)19-13(20)7-18-12-5-4-10(15)6-11(12)16/h4-6,9,18H,7H2,1-3H3,(H,19,20). The van der Waals surface area contributed by atoms with Crippen LogP contribution in [0.4, 0.5) is 5.69 Å². The fourth-order valence-electron chi connectivity index (χ4n) is 1.44. The molecule has 0 aliphatic rings. The Bertz CT molecular complexity index is 542. The third kappa shape index (κ3) is 4.39. The van der Waals surface area contributed by atoms with Gasteiger partial charge in [-0.3, -0.25) is 4.79 Å². The molecule has 0 spiro atoms. The lowest BCUT2D eigenvalue weighted by molar-refractivity contribution is -0.121. The molecule has 1 amide bonds. The van der Waals surface area contributed by atoms with E-state index in [-0.39, 0.29) is 18.4 Å². The summed E-state index contributed by atoms with van der Waals surface area (Å²) >= 11 is 9.36. The summed E-state index contributed by atoms with van der Waals surface area (Å²) in [7, 11) is 0. The Balaban J connectivity index is 2.62. The van der Waals surface area contributed by atoms with Gasteiger partial charge in [-0.05, 0) is 31.0 Å². The van der Waals surface area contributed by atoms with Gasteiger partial charge in [-0.15, -0.1) is 0 Å². The maximum absolute atomic E-state index is 11.9. The molecule has 6 heteroatoms. The summed E-state index contributed by atoms with van der Waals surface area (Å²) in [5, 5.41) is 15.4. The highest BCUT2D eigenvalue weighted by Crippen LogP contribution is 2.25. The van der Waals surface area contributed by atoms with Crippen molar-refractivity contribution in [2.45, 2.75) is 26.3 Å². The Morgan fingerprint density at radius 3 is 2.70 bits per heavy atom. The van der Waals surface area contributed by atoms with Crippen molar-refractivity contribution >= 4 is 39.1 Å². The van der Waals surface area contributed by atoms with E-state index in [1.54, 1.807) is 19.1 Å². The first-order chi connectivity index (χ1) is 9.28. The molecule has 0 aromatic heterocycles. The fraction of sp³-hybridized carbons (Fsp3) is 0.429. The van der Waals surface area contributed by atoms with Crippen LogP contribution in [0.3, 0.4) is 0 Å². The molecule has 4 nitrogen and oxygen atoms in total. The molecule has 1 atom stereocenters. The maximum Gasteiger partial charge on any atom is 0.240 e. The van der Waals surface area contributed by atoms with E-state index >= 15 is 0 Å². The van der Waals surface area contributed by atoms with Gasteiger partial charge >= 0.3 is 0 Å². The van der Waals surface area contributed by atoms with Gasteiger partial charge in [0.15, 0.2) is 0 Å². The SMILES string of the molecule is CC(C)C(C)(C#N)NC(=O)CNc1ccc(Br)cc1Cl. The smallest absolute Gasteiger partial charge is 0.240 e. The first-order valence-corrected chi connectivity index (χ1v) is 7.37. The zero-order valence-corrected chi connectivity index (χ0v) is 14.0. The van der Waals surface area contributed by atoms with Crippen LogP contribution < -0.4 is 10.6 Å². The topological polar surface area (TPSA) is 64.9 Å². The number of nitrogens with zero attached hydrogens (tertiary/aromatic N) is 1. The Hall–Kier alpha value is -1.25. The minimum absolute atomic E-state index is 0.0210. The molecule has 0 aliphatic heterocycles. The van der Waals surface area contributed by atoms with Gasteiger partial charge in [0.25, 0.3) is 0 Å². The van der Waals surface area contributed by atoms with Crippen molar-refractivity contribution in [2.24, 2.45) is 5.92 Å². The summed E-state index contributed by atoms with van der Waals surface area (Å²) in [5.74, 6) is -0.227. The monoisotopic (exact) mass is 357 g/mol. The van der Waals surface area contributed by atoms with Crippen molar-refractivity contribution in [3.63, 3.8) is 0 Å². The molecule has 20 heavy (non-hydrogen) atoms. The number of hydrogen-bond donors (Lipinski definition) is 2. The van der Waals surface area contributed by atoms with Crippen LogP contribution in [0.25, 0.3) is 0 Å². The average molecular weight is 359 g/mol. The number of carbonyl (C=O) groups is 1. The van der Waals surface area contributed by atoms with Gasteiger partial charge in [0.05, 0.1) is 23.3 Å². The fourth-order valence-corrected chi connectivity index (χ4v) is 2.18. The van der Waals surface area contributed by atoms with Crippen LogP contribution in [0.5, 0.6) is 0 Å². The third-order valence-electron chi connectivity index (χ3n) is 3.16. The number of benzene rings is 1. The minimum atomic E-state index is -0.873. The molecule has 0 saturated carbocycles. The number of amides is 1. The Labute approximate surface area is 132 Å². The number of hydrogen-bond acceptors (Lipinski definition) is 3. The van der Waals surface area contributed by atoms with E-state index in [4.69, 9.17) is 16.9 Å². The third-order valence-corrected chi connectivity index (χ3v) is 3.96. The number of nitriles is 1. The number of halogens is 2. The van der Waals surface area contributed by atoms with E-state index < -0.39 is 5.54 Å². The van der Waals surface area contributed by atoms with Gasteiger partial charge < -0.3 is 10.6 Å². The van der Waals surface area contributed by atoms with Crippen molar-refractivity contribution < 1.29 is 4.79 Å². The van der Waals surface area contributed by atoms with Crippen LogP contribution in [0.2, 0.25) is 5.02 Å². The molecule has 0 fully saturated rings. The molecule has 1 rings (SSSR count). The van der Waals surface area contributed by atoms with Crippen LogP contribution in [-0.4, -0.2) is 18.0 Å². The van der Waals surface area contributed by atoms with Crippen molar-refractivity contribution in [1.82, 2.24) is 5.32 Å². The minimum Gasteiger partial charge on any atom is -0.375 e. The van der Waals surface area contributed by atoms with Crippen LogP contribution in [-0.2, 0) is 4.79 Å². The van der Waals surface area contributed by atoms with E-state index in [1.807, 2.05) is 19.9 Å². The van der Waals surface area contributed by atoms with E-state index in [2.05, 4.69) is 32.6 Å². The normalized spacial score (nSPS) is 13.4.